The van der Waals surface area contributed by atoms with Crippen LogP contribution < -0.4 is 0 Å². The van der Waals surface area contributed by atoms with Gasteiger partial charge in [-0.05, 0) is 24.8 Å². The minimum absolute atomic E-state index is 0.107. The number of hydrogen-bond acceptors (Lipinski definition) is 6. The van der Waals surface area contributed by atoms with Gasteiger partial charge in [0, 0.05) is 51.0 Å². The van der Waals surface area contributed by atoms with Crippen molar-refractivity contribution in [1.82, 2.24) is 24.6 Å². The molecule has 4 rings (SSSR count). The van der Waals surface area contributed by atoms with Gasteiger partial charge in [0.05, 0.1) is 17.3 Å². The van der Waals surface area contributed by atoms with E-state index in [0.29, 0.717) is 0 Å². The van der Waals surface area contributed by atoms with Crippen LogP contribution in [0.15, 0.2) is 36.1 Å². The first kappa shape index (κ1) is 18.3. The maximum absolute atomic E-state index is 12.9. The van der Waals surface area contributed by atoms with Crippen LogP contribution in [0.3, 0.4) is 0 Å². The van der Waals surface area contributed by atoms with Crippen LogP contribution >= 0.6 is 22.7 Å². The molecule has 1 fully saturated rings. The minimum atomic E-state index is 0.107. The SMILES string of the molecule is CCn1cc(CN2CCCN(C(=O)c3cnc(-c4cccs4)s3)CC2)cn1. The zero-order valence-electron chi connectivity index (χ0n) is 15.4. The van der Waals surface area contributed by atoms with E-state index in [1.165, 1.54) is 16.9 Å². The smallest absolute Gasteiger partial charge is 0.265 e. The lowest BCUT2D eigenvalue weighted by atomic mass is 10.3. The lowest BCUT2D eigenvalue weighted by Gasteiger charge is -2.21. The highest BCUT2D eigenvalue weighted by Gasteiger charge is 2.22. The van der Waals surface area contributed by atoms with Gasteiger partial charge < -0.3 is 4.90 Å². The summed E-state index contributed by atoms with van der Waals surface area (Å²) in [5, 5.41) is 7.31. The van der Waals surface area contributed by atoms with Crippen molar-refractivity contribution in [2.75, 3.05) is 26.2 Å². The van der Waals surface area contributed by atoms with E-state index in [1.54, 1.807) is 17.5 Å². The molecule has 1 aliphatic heterocycles. The number of nitrogens with zero attached hydrogens (tertiary/aromatic N) is 5. The second-order valence-electron chi connectivity index (χ2n) is 6.63. The Labute approximate surface area is 167 Å². The monoisotopic (exact) mass is 401 g/mol. The van der Waals surface area contributed by atoms with Gasteiger partial charge in [-0.2, -0.15) is 5.10 Å². The van der Waals surface area contributed by atoms with Crippen molar-refractivity contribution < 1.29 is 4.79 Å². The fourth-order valence-corrected chi connectivity index (χ4v) is 4.98. The Kier molecular flexibility index (Phi) is 5.66. The summed E-state index contributed by atoms with van der Waals surface area (Å²) in [4.78, 5) is 23.6. The maximum atomic E-state index is 12.9. The molecule has 0 aromatic carbocycles. The molecule has 0 unspecified atom stereocenters. The first-order valence-corrected chi connectivity index (χ1v) is 10.9. The average Bonchev–Trinajstić information content (AvgIpc) is 3.41. The van der Waals surface area contributed by atoms with E-state index in [9.17, 15) is 4.79 Å². The number of carbonyl (C=O) groups excluding carboxylic acids is 1. The standard InChI is InChI=1S/C19H23N5OS2/c1-2-24-14-15(11-21-24)13-22-6-4-7-23(9-8-22)19(25)17-12-20-18(27-17)16-5-3-10-26-16/h3,5,10-12,14H,2,4,6-9,13H2,1H3. The number of amides is 1. The van der Waals surface area contributed by atoms with Crippen LogP contribution in [-0.2, 0) is 13.1 Å². The lowest BCUT2D eigenvalue weighted by molar-refractivity contribution is 0.0765. The molecular weight excluding hydrogens is 378 g/mol. The van der Waals surface area contributed by atoms with Crippen molar-refractivity contribution in [3.8, 4) is 9.88 Å². The molecule has 4 heterocycles. The van der Waals surface area contributed by atoms with Crippen molar-refractivity contribution in [3.63, 3.8) is 0 Å². The van der Waals surface area contributed by atoms with Crippen molar-refractivity contribution in [2.24, 2.45) is 0 Å². The number of rotatable bonds is 5. The van der Waals surface area contributed by atoms with Crippen LogP contribution in [0.25, 0.3) is 9.88 Å². The Bertz CT molecular complexity index is 886. The maximum Gasteiger partial charge on any atom is 0.265 e. The Hall–Kier alpha value is -2.03. The van der Waals surface area contributed by atoms with Gasteiger partial charge >= 0.3 is 0 Å². The van der Waals surface area contributed by atoms with Crippen LogP contribution in [0, 0.1) is 0 Å². The third-order valence-electron chi connectivity index (χ3n) is 4.74. The van der Waals surface area contributed by atoms with Gasteiger partial charge in [-0.1, -0.05) is 6.07 Å². The molecule has 8 heteroatoms. The molecule has 1 aliphatic rings. The van der Waals surface area contributed by atoms with E-state index in [1.807, 2.05) is 33.3 Å². The summed E-state index contributed by atoms with van der Waals surface area (Å²) in [6.45, 7) is 7.33. The number of carbonyl (C=O) groups is 1. The van der Waals surface area contributed by atoms with E-state index in [0.717, 1.165) is 60.5 Å². The molecular formula is C19H23N5OS2. The number of aromatic nitrogens is 3. The number of thiazole rings is 1. The van der Waals surface area contributed by atoms with E-state index in [4.69, 9.17) is 0 Å². The Morgan fingerprint density at radius 1 is 1.22 bits per heavy atom. The average molecular weight is 402 g/mol. The van der Waals surface area contributed by atoms with E-state index in [-0.39, 0.29) is 5.91 Å². The molecule has 1 saturated heterocycles. The summed E-state index contributed by atoms with van der Waals surface area (Å²) in [6.07, 6.45) is 6.77. The second kappa shape index (κ2) is 8.33. The van der Waals surface area contributed by atoms with Crippen molar-refractivity contribution in [3.05, 3.63) is 46.5 Å². The van der Waals surface area contributed by atoms with E-state index >= 15 is 0 Å². The van der Waals surface area contributed by atoms with Crippen LogP contribution in [0.1, 0.15) is 28.6 Å². The largest absolute Gasteiger partial charge is 0.337 e. The van der Waals surface area contributed by atoms with Gasteiger partial charge in [-0.3, -0.25) is 14.4 Å². The molecule has 0 saturated carbocycles. The first-order chi connectivity index (χ1) is 13.2. The number of hydrogen-bond donors (Lipinski definition) is 0. The Morgan fingerprint density at radius 3 is 2.93 bits per heavy atom. The van der Waals surface area contributed by atoms with Crippen LogP contribution in [0.2, 0.25) is 0 Å². The quantitative estimate of drug-likeness (QED) is 0.657. The summed E-state index contributed by atoms with van der Waals surface area (Å²) in [7, 11) is 0. The molecule has 3 aromatic heterocycles. The highest BCUT2D eigenvalue weighted by molar-refractivity contribution is 7.21. The molecule has 0 atom stereocenters. The summed E-state index contributed by atoms with van der Waals surface area (Å²) in [6, 6.07) is 4.05. The van der Waals surface area contributed by atoms with Gasteiger partial charge in [-0.15, -0.1) is 22.7 Å². The predicted molar refractivity (Wildman–Crippen MR) is 109 cm³/mol. The molecule has 1 amide bonds. The zero-order chi connectivity index (χ0) is 18.6. The molecule has 0 spiro atoms. The van der Waals surface area contributed by atoms with Gasteiger partial charge in [0.25, 0.3) is 5.91 Å². The van der Waals surface area contributed by atoms with Gasteiger partial charge in [0.2, 0.25) is 0 Å². The first-order valence-electron chi connectivity index (χ1n) is 9.25. The molecule has 142 valence electrons. The van der Waals surface area contributed by atoms with Crippen LogP contribution in [0.4, 0.5) is 0 Å². The second-order valence-corrected chi connectivity index (χ2v) is 8.61. The van der Waals surface area contributed by atoms with Gasteiger partial charge in [0.1, 0.15) is 9.88 Å². The molecule has 6 nitrogen and oxygen atoms in total. The van der Waals surface area contributed by atoms with Crippen molar-refractivity contribution >= 4 is 28.6 Å². The van der Waals surface area contributed by atoms with E-state index < -0.39 is 0 Å². The van der Waals surface area contributed by atoms with Crippen LogP contribution in [0.5, 0.6) is 0 Å². The summed E-state index contributed by atoms with van der Waals surface area (Å²) in [5.41, 5.74) is 1.24. The molecule has 3 aromatic rings. The molecule has 27 heavy (non-hydrogen) atoms. The molecule has 0 aliphatic carbocycles. The topological polar surface area (TPSA) is 54.3 Å². The van der Waals surface area contributed by atoms with Gasteiger partial charge in [0.15, 0.2) is 0 Å². The molecule has 0 bridgehead atoms. The zero-order valence-corrected chi connectivity index (χ0v) is 17.0. The van der Waals surface area contributed by atoms with Crippen molar-refractivity contribution in [2.45, 2.75) is 26.4 Å². The summed E-state index contributed by atoms with van der Waals surface area (Å²) >= 11 is 3.15. The van der Waals surface area contributed by atoms with Crippen molar-refractivity contribution in [1.29, 1.82) is 0 Å². The summed E-state index contributed by atoms with van der Waals surface area (Å²) in [5.74, 6) is 0.107. The van der Waals surface area contributed by atoms with E-state index in [2.05, 4.69) is 28.1 Å². The Balaban J connectivity index is 1.37. The fraction of sp³-hybridized carbons (Fsp3) is 0.421. The third kappa shape index (κ3) is 4.28. The predicted octanol–water partition coefficient (Wildman–Crippen LogP) is 3.44. The number of thiophene rings is 1. The molecule has 0 N–H and O–H groups in total. The Morgan fingerprint density at radius 2 is 2.15 bits per heavy atom. The molecule has 0 radical (unpaired) electrons. The van der Waals surface area contributed by atoms with Gasteiger partial charge in [-0.25, -0.2) is 4.98 Å². The fourth-order valence-electron chi connectivity index (χ4n) is 3.29. The minimum Gasteiger partial charge on any atom is -0.337 e. The normalized spacial score (nSPS) is 15.8. The van der Waals surface area contributed by atoms with Crippen LogP contribution in [-0.4, -0.2) is 56.7 Å². The highest BCUT2D eigenvalue weighted by atomic mass is 32.1. The lowest BCUT2D eigenvalue weighted by Crippen LogP contribution is -2.34. The summed E-state index contributed by atoms with van der Waals surface area (Å²) < 4.78 is 1.96. The number of aryl methyl sites for hydroxylation is 1. The highest BCUT2D eigenvalue weighted by Crippen LogP contribution is 2.29. The third-order valence-corrected chi connectivity index (χ3v) is 6.77.